The summed E-state index contributed by atoms with van der Waals surface area (Å²) >= 11 is 11.8. The fourth-order valence-corrected chi connectivity index (χ4v) is 4.17. The van der Waals surface area contributed by atoms with E-state index in [1.807, 2.05) is 0 Å². The predicted molar refractivity (Wildman–Crippen MR) is 79.9 cm³/mol. The second-order valence-corrected chi connectivity index (χ2v) is 6.71. The number of sulfonamides is 1. The van der Waals surface area contributed by atoms with Crippen LogP contribution < -0.4 is 10.0 Å². The molecule has 1 fully saturated rings. The summed E-state index contributed by atoms with van der Waals surface area (Å²) in [5, 5.41) is 3.48. The van der Waals surface area contributed by atoms with Crippen molar-refractivity contribution in [3.05, 3.63) is 28.2 Å². The van der Waals surface area contributed by atoms with E-state index >= 15 is 0 Å². The summed E-state index contributed by atoms with van der Waals surface area (Å²) in [6.07, 6.45) is 2.04. The molecule has 0 aliphatic carbocycles. The van der Waals surface area contributed by atoms with Gasteiger partial charge in [0.15, 0.2) is 0 Å². The molecule has 1 heterocycles. The van der Waals surface area contributed by atoms with Crippen molar-refractivity contribution in [1.82, 2.24) is 10.0 Å². The van der Waals surface area contributed by atoms with Gasteiger partial charge in [-0.05, 0) is 31.5 Å². The van der Waals surface area contributed by atoms with Crippen LogP contribution in [0.5, 0.6) is 0 Å². The van der Waals surface area contributed by atoms with Crippen molar-refractivity contribution in [2.75, 3.05) is 13.1 Å². The summed E-state index contributed by atoms with van der Waals surface area (Å²) in [6, 6.07) is 4.81. The van der Waals surface area contributed by atoms with Crippen molar-refractivity contribution in [2.45, 2.75) is 23.8 Å². The van der Waals surface area contributed by atoms with Gasteiger partial charge in [0.05, 0.1) is 10.0 Å². The van der Waals surface area contributed by atoms with E-state index in [4.69, 9.17) is 23.2 Å². The van der Waals surface area contributed by atoms with Crippen LogP contribution in [0.1, 0.15) is 12.8 Å². The van der Waals surface area contributed by atoms with E-state index < -0.39 is 10.0 Å². The van der Waals surface area contributed by atoms with Crippen molar-refractivity contribution >= 4 is 45.6 Å². The first-order chi connectivity index (χ1) is 8.50. The van der Waals surface area contributed by atoms with Gasteiger partial charge >= 0.3 is 0 Å². The highest BCUT2D eigenvalue weighted by Gasteiger charge is 2.23. The zero-order valence-electron chi connectivity index (χ0n) is 10.0. The van der Waals surface area contributed by atoms with Crippen LogP contribution in [-0.2, 0) is 10.0 Å². The van der Waals surface area contributed by atoms with E-state index in [9.17, 15) is 8.42 Å². The minimum absolute atomic E-state index is 0. The van der Waals surface area contributed by atoms with Gasteiger partial charge in [-0.1, -0.05) is 29.3 Å². The zero-order chi connectivity index (χ0) is 13.2. The summed E-state index contributed by atoms with van der Waals surface area (Å²) in [5.74, 6) is 0. The van der Waals surface area contributed by atoms with E-state index in [-0.39, 0.29) is 33.4 Å². The molecular weight excluding hydrogens is 331 g/mol. The third-order valence-electron chi connectivity index (χ3n) is 2.87. The molecule has 1 aromatic rings. The van der Waals surface area contributed by atoms with Gasteiger partial charge in [-0.2, -0.15) is 0 Å². The molecule has 19 heavy (non-hydrogen) atoms. The lowest BCUT2D eigenvalue weighted by atomic mass is 10.2. The Balaban J connectivity index is 0.00000180. The highest BCUT2D eigenvalue weighted by molar-refractivity contribution is 7.89. The summed E-state index contributed by atoms with van der Waals surface area (Å²) in [6.45, 7) is 1.28. The van der Waals surface area contributed by atoms with E-state index in [2.05, 4.69) is 10.0 Å². The monoisotopic (exact) mass is 344 g/mol. The lowest BCUT2D eigenvalue weighted by Crippen LogP contribution is -2.37. The molecule has 0 amide bonds. The van der Waals surface area contributed by atoms with Crippen LogP contribution >= 0.6 is 35.6 Å². The molecule has 108 valence electrons. The minimum Gasteiger partial charge on any atom is -0.313 e. The molecule has 8 heteroatoms. The van der Waals surface area contributed by atoms with Gasteiger partial charge in [-0.15, -0.1) is 12.4 Å². The molecule has 1 atom stereocenters. The van der Waals surface area contributed by atoms with Crippen molar-refractivity contribution in [1.29, 1.82) is 0 Å². The fourth-order valence-electron chi connectivity index (χ4n) is 1.95. The van der Waals surface area contributed by atoms with Crippen LogP contribution in [0.4, 0.5) is 0 Å². The Kier molecular flexibility index (Phi) is 6.36. The second-order valence-electron chi connectivity index (χ2n) is 4.20. The third-order valence-corrected chi connectivity index (χ3v) is 5.25. The molecule has 1 aliphatic rings. The standard InChI is InChI=1S/C11H14Cl2N2O2S.ClH/c12-9-4-1-5-10(13)11(9)18(16,17)15-7-8-3-2-6-14-8;/h1,4-5,8,14-15H,2-3,6-7H2;1H. The lowest BCUT2D eigenvalue weighted by molar-refractivity contribution is 0.552. The maximum atomic E-state index is 12.1. The van der Waals surface area contributed by atoms with Crippen LogP contribution in [0.3, 0.4) is 0 Å². The van der Waals surface area contributed by atoms with E-state index in [1.54, 1.807) is 6.07 Å². The molecule has 1 saturated heterocycles. The Hall–Kier alpha value is -0.0400. The lowest BCUT2D eigenvalue weighted by Gasteiger charge is -2.13. The minimum atomic E-state index is -3.66. The third kappa shape index (κ3) is 4.21. The van der Waals surface area contributed by atoms with Gasteiger partial charge in [0, 0.05) is 12.6 Å². The van der Waals surface area contributed by atoms with Crippen LogP contribution in [0, 0.1) is 0 Å². The van der Waals surface area contributed by atoms with Gasteiger partial charge in [0.1, 0.15) is 4.90 Å². The molecule has 4 nitrogen and oxygen atoms in total. The van der Waals surface area contributed by atoms with Gasteiger partial charge in [-0.3, -0.25) is 0 Å². The summed E-state index contributed by atoms with van der Waals surface area (Å²) in [4.78, 5) is -0.0497. The molecule has 0 radical (unpaired) electrons. The summed E-state index contributed by atoms with van der Waals surface area (Å²) < 4.78 is 26.8. The fraction of sp³-hybridized carbons (Fsp3) is 0.455. The van der Waals surface area contributed by atoms with Crippen molar-refractivity contribution in [3.63, 3.8) is 0 Å². The maximum absolute atomic E-state index is 12.1. The first kappa shape index (κ1) is 17.0. The van der Waals surface area contributed by atoms with Crippen LogP contribution in [0.15, 0.2) is 23.1 Å². The molecule has 1 aliphatic heterocycles. The topological polar surface area (TPSA) is 58.2 Å². The van der Waals surface area contributed by atoms with E-state index in [0.29, 0.717) is 6.54 Å². The average Bonchev–Trinajstić information content (AvgIpc) is 2.78. The summed E-state index contributed by atoms with van der Waals surface area (Å²) in [5.41, 5.74) is 0. The van der Waals surface area contributed by atoms with E-state index in [0.717, 1.165) is 19.4 Å². The average molecular weight is 346 g/mol. The Morgan fingerprint density at radius 3 is 2.47 bits per heavy atom. The SMILES string of the molecule is Cl.O=S(=O)(NCC1CCCN1)c1c(Cl)cccc1Cl. The number of hydrogen-bond acceptors (Lipinski definition) is 3. The Labute approximate surface area is 129 Å². The van der Waals surface area contributed by atoms with Crippen molar-refractivity contribution in [3.8, 4) is 0 Å². The molecule has 1 unspecified atom stereocenters. The van der Waals surface area contributed by atoms with E-state index in [1.165, 1.54) is 12.1 Å². The first-order valence-corrected chi connectivity index (χ1v) is 7.91. The second kappa shape index (κ2) is 7.11. The number of nitrogens with one attached hydrogen (secondary N) is 2. The van der Waals surface area contributed by atoms with Gasteiger partial charge < -0.3 is 5.32 Å². The molecule has 0 spiro atoms. The Bertz CT molecular complexity index is 510. The first-order valence-electron chi connectivity index (χ1n) is 5.68. The van der Waals surface area contributed by atoms with Crippen molar-refractivity contribution in [2.24, 2.45) is 0 Å². The maximum Gasteiger partial charge on any atom is 0.243 e. The molecule has 2 N–H and O–H groups in total. The highest BCUT2D eigenvalue weighted by atomic mass is 35.5. The van der Waals surface area contributed by atoms with Crippen LogP contribution in [-0.4, -0.2) is 27.5 Å². The molecule has 0 aromatic heterocycles. The Morgan fingerprint density at radius 2 is 1.95 bits per heavy atom. The molecule has 0 bridgehead atoms. The predicted octanol–water partition coefficient (Wildman–Crippen LogP) is 2.45. The number of benzene rings is 1. The normalized spacial score (nSPS) is 19.2. The molecule has 1 aromatic carbocycles. The Morgan fingerprint density at radius 1 is 1.32 bits per heavy atom. The zero-order valence-corrected chi connectivity index (χ0v) is 13.2. The number of halogens is 3. The number of rotatable bonds is 4. The molecule has 0 saturated carbocycles. The quantitative estimate of drug-likeness (QED) is 0.881. The van der Waals surface area contributed by atoms with Gasteiger partial charge in [0.2, 0.25) is 10.0 Å². The largest absolute Gasteiger partial charge is 0.313 e. The van der Waals surface area contributed by atoms with Crippen molar-refractivity contribution < 1.29 is 8.42 Å². The van der Waals surface area contributed by atoms with Crippen LogP contribution in [0.2, 0.25) is 10.0 Å². The van der Waals surface area contributed by atoms with Gasteiger partial charge in [0.25, 0.3) is 0 Å². The smallest absolute Gasteiger partial charge is 0.243 e. The highest BCUT2D eigenvalue weighted by Crippen LogP contribution is 2.28. The molecular formula is C11H15Cl3N2O2S. The summed E-state index contributed by atoms with van der Waals surface area (Å²) in [7, 11) is -3.66. The molecule has 2 rings (SSSR count). The number of hydrogen-bond donors (Lipinski definition) is 2. The van der Waals surface area contributed by atoms with Gasteiger partial charge in [-0.25, -0.2) is 13.1 Å². The van der Waals surface area contributed by atoms with Crippen LogP contribution in [0.25, 0.3) is 0 Å².